The highest BCUT2D eigenvalue weighted by Crippen LogP contribution is 2.26. The number of hydrogen-bond acceptors (Lipinski definition) is 4. The minimum Gasteiger partial charge on any atom is -0.298 e. The first-order valence-corrected chi connectivity index (χ1v) is 9.52. The number of thioether (sulfide) groups is 1. The number of allylic oxidation sites excluding steroid dienone is 1. The summed E-state index contributed by atoms with van der Waals surface area (Å²) in [4.78, 5) is 12.6. The molecule has 27 heavy (non-hydrogen) atoms. The molecule has 0 fully saturated rings. The molecule has 0 unspecified atom stereocenters. The van der Waals surface area contributed by atoms with Crippen LogP contribution in [0.4, 0.5) is 4.39 Å². The van der Waals surface area contributed by atoms with Crippen LogP contribution in [-0.4, -0.2) is 26.3 Å². The minimum absolute atomic E-state index is 0.0294. The molecule has 2 aromatic carbocycles. The Bertz CT molecular complexity index is 997. The van der Waals surface area contributed by atoms with Crippen molar-refractivity contribution in [2.45, 2.75) is 25.5 Å². The molecule has 138 valence electrons. The number of hydrogen-bond donors (Lipinski definition) is 0. The van der Waals surface area contributed by atoms with E-state index in [4.69, 9.17) is 0 Å². The largest absolute Gasteiger partial charge is 0.298 e. The molecule has 3 aromatic rings. The number of aryl methyl sites for hydroxylation is 2. The fourth-order valence-electron chi connectivity index (χ4n) is 2.78. The predicted octanol–water partition coefficient (Wildman–Crippen LogP) is 4.86. The van der Waals surface area contributed by atoms with Crippen molar-refractivity contribution in [2.24, 2.45) is 0 Å². The van der Waals surface area contributed by atoms with E-state index in [2.05, 4.69) is 16.8 Å². The van der Waals surface area contributed by atoms with Crippen LogP contribution >= 0.6 is 11.8 Å². The molecule has 1 heterocycles. The van der Waals surface area contributed by atoms with E-state index in [9.17, 15) is 9.18 Å². The summed E-state index contributed by atoms with van der Waals surface area (Å²) in [7, 11) is 0. The maximum absolute atomic E-state index is 14.2. The van der Waals surface area contributed by atoms with Crippen LogP contribution in [0.1, 0.15) is 21.5 Å². The summed E-state index contributed by atoms with van der Waals surface area (Å²) >= 11 is 1.30. The Balaban J connectivity index is 1.85. The third-order valence-electron chi connectivity index (χ3n) is 4.17. The van der Waals surface area contributed by atoms with Gasteiger partial charge in [0.1, 0.15) is 5.82 Å². The van der Waals surface area contributed by atoms with Crippen molar-refractivity contribution in [1.82, 2.24) is 14.8 Å². The number of rotatable bonds is 7. The van der Waals surface area contributed by atoms with Gasteiger partial charge in [-0.25, -0.2) is 4.39 Å². The highest BCUT2D eigenvalue weighted by atomic mass is 32.2. The number of halogens is 1. The molecular weight excluding hydrogens is 361 g/mol. The standard InChI is InChI=1S/C21H20FN3OS/c1-4-11-25-20(16-7-5-6-8-18(16)22)23-24-21(25)27-13-19(26)17-12-14(2)9-10-15(17)3/h4-10,12H,1,11,13H2,2-3H3. The number of carbonyl (C=O) groups excluding carboxylic acids is 1. The molecule has 0 aliphatic rings. The molecule has 4 nitrogen and oxygen atoms in total. The second kappa shape index (κ2) is 8.31. The quantitative estimate of drug-likeness (QED) is 0.333. The van der Waals surface area contributed by atoms with Gasteiger partial charge in [-0.05, 0) is 37.6 Å². The first-order chi connectivity index (χ1) is 13.0. The lowest BCUT2D eigenvalue weighted by Crippen LogP contribution is -2.07. The van der Waals surface area contributed by atoms with Crippen LogP contribution in [0.15, 0.2) is 60.3 Å². The van der Waals surface area contributed by atoms with E-state index in [0.717, 1.165) is 11.1 Å². The molecule has 0 N–H and O–H groups in total. The predicted molar refractivity (Wildman–Crippen MR) is 107 cm³/mol. The van der Waals surface area contributed by atoms with Crippen LogP contribution in [0.25, 0.3) is 11.4 Å². The van der Waals surface area contributed by atoms with E-state index in [0.29, 0.717) is 28.7 Å². The minimum atomic E-state index is -0.363. The molecule has 0 aliphatic heterocycles. The highest BCUT2D eigenvalue weighted by Gasteiger charge is 2.18. The van der Waals surface area contributed by atoms with E-state index in [1.807, 2.05) is 32.0 Å². The van der Waals surface area contributed by atoms with Crippen molar-refractivity contribution in [3.63, 3.8) is 0 Å². The van der Waals surface area contributed by atoms with E-state index >= 15 is 0 Å². The first kappa shape index (κ1) is 19.0. The fraction of sp³-hybridized carbons (Fsp3) is 0.190. The molecule has 0 saturated heterocycles. The molecule has 3 rings (SSSR count). The lowest BCUT2D eigenvalue weighted by molar-refractivity contribution is 0.102. The average Bonchev–Trinajstić information content (AvgIpc) is 3.05. The van der Waals surface area contributed by atoms with Gasteiger partial charge in [-0.15, -0.1) is 16.8 Å². The Morgan fingerprint density at radius 2 is 2.00 bits per heavy atom. The fourth-order valence-corrected chi connectivity index (χ4v) is 3.61. The van der Waals surface area contributed by atoms with E-state index in [1.165, 1.54) is 17.8 Å². The smallest absolute Gasteiger partial charge is 0.192 e. The molecule has 0 amide bonds. The summed E-state index contributed by atoms with van der Waals surface area (Å²) in [5, 5.41) is 8.87. The van der Waals surface area contributed by atoms with Gasteiger partial charge in [-0.1, -0.05) is 47.7 Å². The molecule has 6 heteroatoms. The van der Waals surface area contributed by atoms with Gasteiger partial charge in [0.15, 0.2) is 16.8 Å². The second-order valence-corrected chi connectivity index (χ2v) is 7.16. The molecular formula is C21H20FN3OS. The summed E-state index contributed by atoms with van der Waals surface area (Å²) < 4.78 is 15.9. The van der Waals surface area contributed by atoms with Gasteiger partial charge in [0.05, 0.1) is 11.3 Å². The Morgan fingerprint density at radius 3 is 2.74 bits per heavy atom. The van der Waals surface area contributed by atoms with Gasteiger partial charge < -0.3 is 0 Å². The zero-order valence-corrected chi connectivity index (χ0v) is 16.1. The number of nitrogens with zero attached hydrogens (tertiary/aromatic N) is 3. The number of Topliss-reactive ketones (excluding diaryl/α,β-unsaturated/α-hetero) is 1. The van der Waals surface area contributed by atoms with Crippen LogP contribution < -0.4 is 0 Å². The van der Waals surface area contributed by atoms with Crippen LogP contribution in [0.3, 0.4) is 0 Å². The normalized spacial score (nSPS) is 10.8. The van der Waals surface area contributed by atoms with Crippen molar-refractivity contribution >= 4 is 17.5 Å². The molecule has 0 bridgehead atoms. The van der Waals surface area contributed by atoms with Gasteiger partial charge in [-0.3, -0.25) is 9.36 Å². The highest BCUT2D eigenvalue weighted by molar-refractivity contribution is 7.99. The number of ketones is 1. The van der Waals surface area contributed by atoms with E-state index in [1.54, 1.807) is 28.8 Å². The molecule has 1 aromatic heterocycles. The third kappa shape index (κ3) is 4.17. The van der Waals surface area contributed by atoms with Crippen LogP contribution in [0.2, 0.25) is 0 Å². The van der Waals surface area contributed by atoms with Crippen molar-refractivity contribution in [3.05, 3.63) is 77.6 Å². The Morgan fingerprint density at radius 1 is 1.22 bits per heavy atom. The van der Waals surface area contributed by atoms with E-state index < -0.39 is 0 Å². The maximum atomic E-state index is 14.2. The van der Waals surface area contributed by atoms with Crippen molar-refractivity contribution in [3.8, 4) is 11.4 Å². The molecule has 0 radical (unpaired) electrons. The zero-order valence-electron chi connectivity index (χ0n) is 15.3. The zero-order chi connectivity index (χ0) is 19.4. The summed E-state index contributed by atoms with van der Waals surface area (Å²) in [5.41, 5.74) is 3.09. The molecule has 0 saturated carbocycles. The average molecular weight is 381 g/mol. The molecule has 0 spiro atoms. The lowest BCUT2D eigenvalue weighted by Gasteiger charge is -2.09. The Labute approximate surface area is 162 Å². The summed E-state index contributed by atoms with van der Waals surface area (Å²) in [5.74, 6) is 0.325. The Kier molecular flexibility index (Phi) is 5.86. The van der Waals surface area contributed by atoms with E-state index in [-0.39, 0.29) is 17.4 Å². The summed E-state index contributed by atoms with van der Waals surface area (Å²) in [6, 6.07) is 12.3. The molecule has 0 atom stereocenters. The molecule has 0 aliphatic carbocycles. The van der Waals surface area contributed by atoms with Gasteiger partial charge in [-0.2, -0.15) is 0 Å². The van der Waals surface area contributed by atoms with Gasteiger partial charge >= 0.3 is 0 Å². The summed E-state index contributed by atoms with van der Waals surface area (Å²) in [6.45, 7) is 8.07. The Hall–Kier alpha value is -2.73. The first-order valence-electron chi connectivity index (χ1n) is 8.53. The van der Waals surface area contributed by atoms with Gasteiger partial charge in [0.25, 0.3) is 0 Å². The summed E-state index contributed by atoms with van der Waals surface area (Å²) in [6.07, 6.45) is 1.70. The second-order valence-electron chi connectivity index (χ2n) is 6.22. The number of benzene rings is 2. The van der Waals surface area contributed by atoms with Crippen LogP contribution in [-0.2, 0) is 6.54 Å². The van der Waals surface area contributed by atoms with Crippen molar-refractivity contribution in [2.75, 3.05) is 5.75 Å². The van der Waals surface area contributed by atoms with Crippen LogP contribution in [0, 0.1) is 19.7 Å². The maximum Gasteiger partial charge on any atom is 0.192 e. The monoisotopic (exact) mass is 381 g/mol. The number of carbonyl (C=O) groups is 1. The van der Waals surface area contributed by atoms with Gasteiger partial charge in [0.2, 0.25) is 0 Å². The number of aromatic nitrogens is 3. The third-order valence-corrected chi connectivity index (χ3v) is 5.14. The topological polar surface area (TPSA) is 47.8 Å². The van der Waals surface area contributed by atoms with Crippen molar-refractivity contribution in [1.29, 1.82) is 0 Å². The van der Waals surface area contributed by atoms with Crippen LogP contribution in [0.5, 0.6) is 0 Å². The van der Waals surface area contributed by atoms with Gasteiger partial charge in [0, 0.05) is 12.1 Å². The lowest BCUT2D eigenvalue weighted by atomic mass is 10.0. The van der Waals surface area contributed by atoms with Crippen molar-refractivity contribution < 1.29 is 9.18 Å². The SMILES string of the molecule is C=CCn1c(SCC(=O)c2cc(C)ccc2C)nnc1-c1ccccc1F.